The lowest BCUT2D eigenvalue weighted by Gasteiger charge is -2.40. The molecule has 3 heterocycles. The van der Waals surface area contributed by atoms with Crippen LogP contribution in [-0.4, -0.2) is 35.0 Å². The first-order valence-electron chi connectivity index (χ1n) is 6.65. The molecule has 0 aliphatic carbocycles. The summed E-state index contributed by atoms with van der Waals surface area (Å²) in [5.74, 6) is 0. The minimum atomic E-state index is 0.709. The van der Waals surface area contributed by atoms with Crippen LogP contribution in [-0.2, 0) is 7.05 Å². The number of nitrogens with one attached hydrogen (secondary N) is 1. The van der Waals surface area contributed by atoms with Crippen LogP contribution in [0, 0.1) is 6.92 Å². The number of hydrogen-bond donors (Lipinski definition) is 1. The topological polar surface area (TPSA) is 33.1 Å². The molecule has 2 saturated heterocycles. The first-order valence-corrected chi connectivity index (χ1v) is 6.65. The zero-order valence-corrected chi connectivity index (χ0v) is 11.0. The van der Waals surface area contributed by atoms with Crippen LogP contribution in [0.1, 0.15) is 31.4 Å². The van der Waals surface area contributed by atoms with E-state index in [-0.39, 0.29) is 0 Å². The van der Waals surface area contributed by atoms with Gasteiger partial charge in [0.1, 0.15) is 0 Å². The van der Waals surface area contributed by atoms with Crippen LogP contribution in [0.4, 0.5) is 5.69 Å². The van der Waals surface area contributed by atoms with Gasteiger partial charge in [-0.25, -0.2) is 0 Å². The van der Waals surface area contributed by atoms with Crippen LogP contribution in [0.25, 0.3) is 0 Å². The number of piperidine rings is 1. The lowest BCUT2D eigenvalue weighted by Crippen LogP contribution is -2.48. The highest BCUT2D eigenvalue weighted by molar-refractivity contribution is 5.52. The fourth-order valence-corrected chi connectivity index (χ4v) is 3.65. The maximum absolute atomic E-state index is 4.48. The molecule has 0 spiro atoms. The molecule has 1 aromatic heterocycles. The lowest BCUT2D eigenvalue weighted by atomic mass is 9.97. The van der Waals surface area contributed by atoms with Crippen LogP contribution >= 0.6 is 0 Å². The quantitative estimate of drug-likeness (QED) is 0.841. The predicted octanol–water partition coefficient (Wildman–Crippen LogP) is 1.45. The molecule has 0 amide bonds. The summed E-state index contributed by atoms with van der Waals surface area (Å²) < 4.78 is 1.94. The number of aryl methyl sites for hydroxylation is 2. The van der Waals surface area contributed by atoms with Gasteiger partial charge < -0.3 is 10.2 Å². The van der Waals surface area contributed by atoms with E-state index in [0.29, 0.717) is 18.1 Å². The van der Waals surface area contributed by atoms with Crippen molar-refractivity contribution in [2.45, 2.75) is 50.7 Å². The highest BCUT2D eigenvalue weighted by atomic mass is 15.3. The maximum Gasteiger partial charge on any atom is 0.0827 e. The summed E-state index contributed by atoms with van der Waals surface area (Å²) in [6.45, 7) is 2.12. The summed E-state index contributed by atoms with van der Waals surface area (Å²) in [4.78, 5) is 2.64. The van der Waals surface area contributed by atoms with Gasteiger partial charge in [0.05, 0.1) is 11.4 Å². The zero-order chi connectivity index (χ0) is 12.0. The van der Waals surface area contributed by atoms with Crippen molar-refractivity contribution in [3.05, 3.63) is 11.9 Å². The molecule has 2 unspecified atom stereocenters. The fraction of sp³-hybridized carbons (Fsp3) is 0.769. The van der Waals surface area contributed by atoms with Crippen molar-refractivity contribution in [2.24, 2.45) is 7.05 Å². The summed E-state index contributed by atoms with van der Waals surface area (Å²) in [5.41, 5.74) is 2.53. The molecule has 2 bridgehead atoms. The summed E-state index contributed by atoms with van der Waals surface area (Å²) in [6, 6.07) is 2.14. The maximum atomic E-state index is 4.48. The molecule has 1 N–H and O–H groups in total. The largest absolute Gasteiger partial charge is 0.363 e. The molecule has 2 fully saturated rings. The molecule has 1 aromatic rings. The van der Waals surface area contributed by atoms with Gasteiger partial charge in [0.2, 0.25) is 0 Å². The Hall–Kier alpha value is -1.03. The standard InChI is InChI=1S/C13H22N4/c1-9-13(8-16(3)15-9)17-11-4-5-12(17)7-10(6-11)14-2/h8,10-12,14H,4-7H2,1-3H3. The van der Waals surface area contributed by atoms with Gasteiger partial charge in [0.15, 0.2) is 0 Å². The number of anilines is 1. The predicted molar refractivity (Wildman–Crippen MR) is 69.3 cm³/mol. The van der Waals surface area contributed by atoms with E-state index in [1.807, 2.05) is 11.7 Å². The molecule has 2 aliphatic rings. The number of hydrogen-bond acceptors (Lipinski definition) is 3. The second-order valence-electron chi connectivity index (χ2n) is 5.52. The zero-order valence-electron chi connectivity index (χ0n) is 11.0. The molecule has 4 nitrogen and oxygen atoms in total. The second-order valence-corrected chi connectivity index (χ2v) is 5.52. The van der Waals surface area contributed by atoms with Crippen LogP contribution < -0.4 is 10.2 Å². The average molecular weight is 234 g/mol. The average Bonchev–Trinajstić information content (AvgIpc) is 2.74. The van der Waals surface area contributed by atoms with Crippen molar-refractivity contribution in [3.8, 4) is 0 Å². The Kier molecular flexibility index (Phi) is 2.62. The van der Waals surface area contributed by atoms with E-state index in [2.05, 4.69) is 35.5 Å². The van der Waals surface area contributed by atoms with Gasteiger partial charge in [-0.15, -0.1) is 0 Å². The van der Waals surface area contributed by atoms with Crippen molar-refractivity contribution < 1.29 is 0 Å². The Labute approximate surface area is 103 Å². The molecule has 4 heteroatoms. The highest BCUT2D eigenvalue weighted by Gasteiger charge is 2.41. The van der Waals surface area contributed by atoms with E-state index in [1.54, 1.807) is 0 Å². The summed E-state index contributed by atoms with van der Waals surface area (Å²) in [7, 11) is 4.11. The molecular weight excluding hydrogens is 212 g/mol. The fourth-order valence-electron chi connectivity index (χ4n) is 3.65. The highest BCUT2D eigenvalue weighted by Crippen LogP contribution is 2.40. The van der Waals surface area contributed by atoms with Crippen LogP contribution in [0.5, 0.6) is 0 Å². The minimum absolute atomic E-state index is 0.709. The Bertz CT molecular complexity index is 398. The number of aromatic nitrogens is 2. The lowest BCUT2D eigenvalue weighted by molar-refractivity contribution is 0.373. The monoisotopic (exact) mass is 234 g/mol. The Morgan fingerprint density at radius 1 is 1.29 bits per heavy atom. The Morgan fingerprint density at radius 2 is 1.94 bits per heavy atom. The summed E-state index contributed by atoms with van der Waals surface area (Å²) >= 11 is 0. The third kappa shape index (κ3) is 1.75. The van der Waals surface area contributed by atoms with Gasteiger partial charge in [0.25, 0.3) is 0 Å². The molecule has 94 valence electrons. The van der Waals surface area contributed by atoms with Gasteiger partial charge in [-0.3, -0.25) is 4.68 Å². The van der Waals surface area contributed by atoms with Crippen molar-refractivity contribution in [1.29, 1.82) is 0 Å². The molecule has 2 atom stereocenters. The van der Waals surface area contributed by atoms with Crippen molar-refractivity contribution in [3.63, 3.8) is 0 Å². The van der Waals surface area contributed by atoms with Gasteiger partial charge in [-0.2, -0.15) is 5.10 Å². The number of nitrogens with zero attached hydrogens (tertiary/aromatic N) is 3. The smallest absolute Gasteiger partial charge is 0.0827 e. The second kappa shape index (κ2) is 4.02. The van der Waals surface area contributed by atoms with E-state index in [1.165, 1.54) is 37.1 Å². The van der Waals surface area contributed by atoms with E-state index in [4.69, 9.17) is 0 Å². The van der Waals surface area contributed by atoms with Gasteiger partial charge in [-0.1, -0.05) is 0 Å². The first kappa shape index (κ1) is 11.1. The normalized spacial score (nSPS) is 32.2. The summed E-state index contributed by atoms with van der Waals surface area (Å²) in [6.07, 6.45) is 7.43. The van der Waals surface area contributed by atoms with Gasteiger partial charge in [0, 0.05) is 31.4 Å². The van der Waals surface area contributed by atoms with Gasteiger partial charge in [-0.05, 0) is 39.7 Å². The molecule has 0 aromatic carbocycles. The van der Waals surface area contributed by atoms with Crippen molar-refractivity contribution in [1.82, 2.24) is 15.1 Å². The van der Waals surface area contributed by atoms with Crippen LogP contribution in [0.15, 0.2) is 6.20 Å². The van der Waals surface area contributed by atoms with Crippen molar-refractivity contribution >= 4 is 5.69 Å². The third-order valence-electron chi connectivity index (χ3n) is 4.41. The minimum Gasteiger partial charge on any atom is -0.363 e. The van der Waals surface area contributed by atoms with E-state index in [0.717, 1.165) is 0 Å². The molecule has 2 aliphatic heterocycles. The van der Waals surface area contributed by atoms with Crippen molar-refractivity contribution in [2.75, 3.05) is 11.9 Å². The molecule has 17 heavy (non-hydrogen) atoms. The number of fused-ring (bicyclic) bond motifs is 2. The Balaban J connectivity index is 1.88. The summed E-state index contributed by atoms with van der Waals surface area (Å²) in [5, 5.41) is 7.93. The van der Waals surface area contributed by atoms with E-state index >= 15 is 0 Å². The van der Waals surface area contributed by atoms with Gasteiger partial charge >= 0.3 is 0 Å². The van der Waals surface area contributed by atoms with E-state index < -0.39 is 0 Å². The van der Waals surface area contributed by atoms with Crippen LogP contribution in [0.3, 0.4) is 0 Å². The molecule has 0 saturated carbocycles. The SMILES string of the molecule is CNC1CC2CCC(C1)N2c1cn(C)nc1C. The van der Waals surface area contributed by atoms with E-state index in [9.17, 15) is 0 Å². The molecular formula is C13H22N4. The van der Waals surface area contributed by atoms with Crippen LogP contribution in [0.2, 0.25) is 0 Å². The first-order chi connectivity index (χ1) is 8.19. The third-order valence-corrected chi connectivity index (χ3v) is 4.41. The molecule has 0 radical (unpaired) electrons. The number of rotatable bonds is 2. The Morgan fingerprint density at radius 3 is 2.41 bits per heavy atom. The molecule has 3 rings (SSSR count).